The summed E-state index contributed by atoms with van der Waals surface area (Å²) in [4.78, 5) is 5.51. The maximum atomic E-state index is 4.64. The predicted octanol–water partition coefficient (Wildman–Crippen LogP) is 4.14. The first-order valence-corrected chi connectivity index (χ1v) is 7.73. The Bertz CT molecular complexity index is 790. The number of aromatic nitrogens is 2. The fraction of sp³-hybridized carbons (Fsp3) is 0.0667. The van der Waals surface area contributed by atoms with Crippen LogP contribution in [0.25, 0.3) is 10.6 Å². The van der Waals surface area contributed by atoms with Crippen LogP contribution in [0.2, 0.25) is 0 Å². The zero-order chi connectivity index (χ0) is 13.9. The molecule has 0 N–H and O–H groups in total. The van der Waals surface area contributed by atoms with Gasteiger partial charge in [0, 0.05) is 17.1 Å². The molecule has 2 aromatic carbocycles. The minimum absolute atomic E-state index is 0.877. The highest BCUT2D eigenvalue weighted by molar-refractivity contribution is 9.10. The molecule has 0 amide bonds. The van der Waals surface area contributed by atoms with Crippen LogP contribution < -0.4 is 4.80 Å². The SMILES string of the molecule is Cn1nc(-c2ccccc2)sc1=Nc1cccc(Br)c1. The third-order valence-electron chi connectivity index (χ3n) is 2.76. The summed E-state index contributed by atoms with van der Waals surface area (Å²) in [5, 5.41) is 5.50. The number of hydrogen-bond acceptors (Lipinski definition) is 3. The molecule has 0 atom stereocenters. The molecule has 0 aliphatic carbocycles. The molecule has 0 saturated heterocycles. The number of aryl methyl sites for hydroxylation is 1. The molecule has 100 valence electrons. The number of rotatable bonds is 2. The van der Waals surface area contributed by atoms with Crippen molar-refractivity contribution in [3.05, 3.63) is 63.9 Å². The maximum absolute atomic E-state index is 4.64. The molecule has 0 radical (unpaired) electrons. The van der Waals surface area contributed by atoms with Crippen molar-refractivity contribution in [2.45, 2.75) is 0 Å². The van der Waals surface area contributed by atoms with Gasteiger partial charge in [0.05, 0.1) is 5.69 Å². The molecule has 0 unspecified atom stereocenters. The van der Waals surface area contributed by atoms with Crippen LogP contribution in [-0.4, -0.2) is 9.78 Å². The second kappa shape index (κ2) is 5.73. The van der Waals surface area contributed by atoms with Crippen molar-refractivity contribution in [2.75, 3.05) is 0 Å². The summed E-state index contributed by atoms with van der Waals surface area (Å²) in [6.45, 7) is 0. The Morgan fingerprint density at radius 3 is 2.65 bits per heavy atom. The molecular weight excluding hydrogens is 334 g/mol. The number of nitrogens with zero attached hydrogens (tertiary/aromatic N) is 3. The van der Waals surface area contributed by atoms with Crippen molar-refractivity contribution in [1.29, 1.82) is 0 Å². The van der Waals surface area contributed by atoms with Crippen LogP contribution in [-0.2, 0) is 7.05 Å². The molecule has 3 rings (SSSR count). The molecule has 0 aliphatic rings. The lowest BCUT2D eigenvalue weighted by molar-refractivity contribution is 0.732. The van der Waals surface area contributed by atoms with Crippen LogP contribution in [0, 0.1) is 0 Å². The average molecular weight is 346 g/mol. The Morgan fingerprint density at radius 2 is 1.90 bits per heavy atom. The van der Waals surface area contributed by atoms with Gasteiger partial charge in [0.15, 0.2) is 0 Å². The molecule has 0 bridgehead atoms. The highest BCUT2D eigenvalue weighted by Gasteiger charge is 2.04. The van der Waals surface area contributed by atoms with Crippen molar-refractivity contribution in [3.63, 3.8) is 0 Å². The second-order valence-electron chi connectivity index (χ2n) is 4.27. The minimum atomic E-state index is 0.877. The van der Waals surface area contributed by atoms with E-state index in [9.17, 15) is 0 Å². The summed E-state index contributed by atoms with van der Waals surface area (Å²) in [7, 11) is 1.92. The van der Waals surface area contributed by atoms with Gasteiger partial charge in [-0.05, 0) is 18.2 Å². The second-order valence-corrected chi connectivity index (χ2v) is 6.14. The van der Waals surface area contributed by atoms with E-state index in [-0.39, 0.29) is 0 Å². The Labute approximate surface area is 129 Å². The van der Waals surface area contributed by atoms with Crippen molar-refractivity contribution in [3.8, 4) is 10.6 Å². The molecule has 5 heteroatoms. The Hall–Kier alpha value is -1.72. The third kappa shape index (κ3) is 2.89. The fourth-order valence-corrected chi connectivity index (χ4v) is 3.10. The third-order valence-corrected chi connectivity index (χ3v) is 4.30. The van der Waals surface area contributed by atoms with Gasteiger partial charge >= 0.3 is 0 Å². The van der Waals surface area contributed by atoms with Gasteiger partial charge in [-0.2, -0.15) is 5.10 Å². The van der Waals surface area contributed by atoms with E-state index >= 15 is 0 Å². The minimum Gasteiger partial charge on any atom is -0.241 e. The normalized spacial score (nSPS) is 11.8. The van der Waals surface area contributed by atoms with Gasteiger partial charge in [-0.1, -0.05) is 63.7 Å². The zero-order valence-corrected chi connectivity index (χ0v) is 13.2. The molecule has 0 aliphatic heterocycles. The van der Waals surface area contributed by atoms with Gasteiger partial charge in [0.2, 0.25) is 4.80 Å². The van der Waals surface area contributed by atoms with Gasteiger partial charge < -0.3 is 0 Å². The van der Waals surface area contributed by atoms with E-state index in [1.54, 1.807) is 11.3 Å². The maximum Gasteiger partial charge on any atom is 0.208 e. The highest BCUT2D eigenvalue weighted by Crippen LogP contribution is 2.20. The van der Waals surface area contributed by atoms with Crippen LogP contribution in [0.4, 0.5) is 5.69 Å². The van der Waals surface area contributed by atoms with E-state index in [1.807, 2.05) is 54.2 Å². The Balaban J connectivity index is 2.06. The van der Waals surface area contributed by atoms with Gasteiger partial charge in [-0.3, -0.25) is 0 Å². The Morgan fingerprint density at radius 1 is 1.10 bits per heavy atom. The number of hydrogen-bond donors (Lipinski definition) is 0. The van der Waals surface area contributed by atoms with E-state index in [2.05, 4.69) is 38.2 Å². The average Bonchev–Trinajstić information content (AvgIpc) is 2.81. The summed E-state index contributed by atoms with van der Waals surface area (Å²) in [5.74, 6) is 0. The van der Waals surface area contributed by atoms with E-state index in [4.69, 9.17) is 0 Å². The summed E-state index contributed by atoms with van der Waals surface area (Å²) in [5.41, 5.74) is 2.03. The molecular formula is C15H12BrN3S. The first kappa shape index (κ1) is 13.3. The lowest BCUT2D eigenvalue weighted by atomic mass is 10.2. The molecule has 1 heterocycles. The van der Waals surface area contributed by atoms with Gasteiger partial charge in [-0.15, -0.1) is 0 Å². The van der Waals surface area contributed by atoms with E-state index in [1.165, 1.54) is 0 Å². The highest BCUT2D eigenvalue weighted by atomic mass is 79.9. The van der Waals surface area contributed by atoms with Crippen LogP contribution in [0.15, 0.2) is 64.1 Å². The van der Waals surface area contributed by atoms with Crippen LogP contribution >= 0.6 is 27.3 Å². The summed E-state index contributed by atoms with van der Waals surface area (Å²) in [6.07, 6.45) is 0. The summed E-state index contributed by atoms with van der Waals surface area (Å²) < 4.78 is 2.84. The first-order chi connectivity index (χ1) is 9.72. The molecule has 3 aromatic rings. The van der Waals surface area contributed by atoms with Gasteiger partial charge in [-0.25, -0.2) is 9.67 Å². The van der Waals surface area contributed by atoms with Crippen LogP contribution in [0.5, 0.6) is 0 Å². The van der Waals surface area contributed by atoms with Crippen molar-refractivity contribution < 1.29 is 0 Å². The molecule has 20 heavy (non-hydrogen) atoms. The fourth-order valence-electron chi connectivity index (χ4n) is 1.80. The molecule has 0 spiro atoms. The molecule has 3 nitrogen and oxygen atoms in total. The summed E-state index contributed by atoms with van der Waals surface area (Å²) >= 11 is 5.04. The largest absolute Gasteiger partial charge is 0.241 e. The zero-order valence-electron chi connectivity index (χ0n) is 10.8. The Kier molecular flexibility index (Phi) is 3.80. The number of halogens is 1. The van der Waals surface area contributed by atoms with Crippen molar-refractivity contribution in [2.24, 2.45) is 12.0 Å². The topological polar surface area (TPSA) is 30.2 Å². The lowest BCUT2D eigenvalue weighted by Gasteiger charge is -1.93. The van der Waals surface area contributed by atoms with E-state index in [0.717, 1.165) is 25.5 Å². The monoisotopic (exact) mass is 345 g/mol. The van der Waals surface area contributed by atoms with Crippen molar-refractivity contribution >= 4 is 33.0 Å². The van der Waals surface area contributed by atoms with Crippen molar-refractivity contribution in [1.82, 2.24) is 9.78 Å². The van der Waals surface area contributed by atoms with Gasteiger partial charge in [0.25, 0.3) is 0 Å². The van der Waals surface area contributed by atoms with Crippen LogP contribution in [0.1, 0.15) is 0 Å². The summed E-state index contributed by atoms with van der Waals surface area (Å²) in [6, 6.07) is 18.1. The quantitative estimate of drug-likeness (QED) is 0.686. The van der Waals surface area contributed by atoms with Crippen LogP contribution in [0.3, 0.4) is 0 Å². The van der Waals surface area contributed by atoms with E-state index in [0.29, 0.717) is 0 Å². The first-order valence-electron chi connectivity index (χ1n) is 6.12. The lowest BCUT2D eigenvalue weighted by Crippen LogP contribution is -2.10. The molecule has 0 fully saturated rings. The number of benzene rings is 2. The smallest absolute Gasteiger partial charge is 0.208 e. The van der Waals surface area contributed by atoms with Gasteiger partial charge in [0.1, 0.15) is 5.01 Å². The van der Waals surface area contributed by atoms with E-state index < -0.39 is 0 Å². The standard InChI is InChI=1S/C15H12BrN3S/c1-19-15(17-13-9-5-8-12(16)10-13)20-14(18-19)11-6-3-2-4-7-11/h2-10H,1H3. The predicted molar refractivity (Wildman–Crippen MR) is 85.9 cm³/mol. The molecule has 1 aromatic heterocycles. The molecule has 0 saturated carbocycles.